The highest BCUT2D eigenvalue weighted by atomic mass is 19.1. The third-order valence-electron chi connectivity index (χ3n) is 2.35. The molecule has 1 heterocycles. The first-order valence-corrected chi connectivity index (χ1v) is 5.74. The maximum atomic E-state index is 12.9. The monoisotopic (exact) mass is 260 g/mol. The van der Waals surface area contributed by atoms with Gasteiger partial charge >= 0.3 is 0 Å². The average Bonchev–Trinajstić information content (AvgIpc) is 2.36. The number of anilines is 1. The SMILES string of the molecule is Cc1cc(NC(=O)COc2cccc(F)c2)ccn1. The Balaban J connectivity index is 1.88. The van der Waals surface area contributed by atoms with Gasteiger partial charge in [0.15, 0.2) is 6.61 Å². The molecule has 2 aromatic rings. The summed E-state index contributed by atoms with van der Waals surface area (Å²) in [6.45, 7) is 1.66. The maximum Gasteiger partial charge on any atom is 0.262 e. The van der Waals surface area contributed by atoms with E-state index in [0.29, 0.717) is 11.4 Å². The van der Waals surface area contributed by atoms with Crippen LogP contribution in [0, 0.1) is 12.7 Å². The summed E-state index contributed by atoms with van der Waals surface area (Å²) in [4.78, 5) is 15.7. The summed E-state index contributed by atoms with van der Waals surface area (Å²) < 4.78 is 18.1. The van der Waals surface area contributed by atoms with Crippen LogP contribution in [0.2, 0.25) is 0 Å². The Morgan fingerprint density at radius 1 is 1.37 bits per heavy atom. The second-order valence-corrected chi connectivity index (χ2v) is 3.98. The lowest BCUT2D eigenvalue weighted by Crippen LogP contribution is -2.20. The number of ether oxygens (including phenoxy) is 1. The number of rotatable bonds is 4. The first-order chi connectivity index (χ1) is 9.13. The molecule has 0 unspecified atom stereocenters. The molecular formula is C14H13FN2O2. The molecule has 1 aromatic heterocycles. The molecule has 98 valence electrons. The van der Waals surface area contributed by atoms with E-state index in [1.54, 1.807) is 24.4 Å². The average molecular weight is 260 g/mol. The predicted molar refractivity (Wildman–Crippen MR) is 69.5 cm³/mol. The highest BCUT2D eigenvalue weighted by Crippen LogP contribution is 2.12. The molecule has 0 radical (unpaired) electrons. The van der Waals surface area contributed by atoms with E-state index in [9.17, 15) is 9.18 Å². The van der Waals surface area contributed by atoms with E-state index < -0.39 is 5.82 Å². The largest absolute Gasteiger partial charge is 0.484 e. The van der Waals surface area contributed by atoms with Crippen LogP contribution >= 0.6 is 0 Å². The minimum Gasteiger partial charge on any atom is -0.484 e. The summed E-state index contributed by atoms with van der Waals surface area (Å²) in [6, 6.07) is 9.09. The molecule has 1 aromatic carbocycles. The predicted octanol–water partition coefficient (Wildman–Crippen LogP) is 2.55. The van der Waals surface area contributed by atoms with Crippen molar-refractivity contribution in [3.05, 3.63) is 54.1 Å². The lowest BCUT2D eigenvalue weighted by molar-refractivity contribution is -0.118. The number of hydrogen-bond acceptors (Lipinski definition) is 3. The standard InChI is InChI=1S/C14H13FN2O2/c1-10-7-12(5-6-16-10)17-14(18)9-19-13-4-2-3-11(15)8-13/h2-8H,9H2,1H3,(H,16,17,18). The number of halogens is 1. The fourth-order valence-corrected chi connectivity index (χ4v) is 1.53. The van der Waals surface area contributed by atoms with Crippen molar-refractivity contribution in [3.8, 4) is 5.75 Å². The van der Waals surface area contributed by atoms with Crippen LogP contribution in [-0.4, -0.2) is 17.5 Å². The van der Waals surface area contributed by atoms with Crippen molar-refractivity contribution in [2.24, 2.45) is 0 Å². The van der Waals surface area contributed by atoms with Gasteiger partial charge in [-0.2, -0.15) is 0 Å². The Bertz CT molecular complexity index is 587. The number of aromatic nitrogens is 1. The number of amides is 1. The number of nitrogens with one attached hydrogen (secondary N) is 1. The van der Waals surface area contributed by atoms with Crippen LogP contribution in [-0.2, 0) is 4.79 Å². The molecule has 0 fully saturated rings. The molecule has 0 saturated heterocycles. The zero-order valence-electron chi connectivity index (χ0n) is 10.4. The molecular weight excluding hydrogens is 247 g/mol. The van der Waals surface area contributed by atoms with E-state index in [0.717, 1.165) is 5.69 Å². The van der Waals surface area contributed by atoms with Crippen LogP contribution in [0.3, 0.4) is 0 Å². The molecule has 19 heavy (non-hydrogen) atoms. The van der Waals surface area contributed by atoms with Crippen molar-refractivity contribution in [3.63, 3.8) is 0 Å². The zero-order chi connectivity index (χ0) is 13.7. The van der Waals surface area contributed by atoms with Gasteiger partial charge in [-0.1, -0.05) is 6.07 Å². The number of aryl methyl sites for hydroxylation is 1. The molecule has 1 N–H and O–H groups in total. The van der Waals surface area contributed by atoms with Gasteiger partial charge in [0.25, 0.3) is 5.91 Å². The summed E-state index contributed by atoms with van der Waals surface area (Å²) in [6.07, 6.45) is 1.61. The van der Waals surface area contributed by atoms with E-state index in [2.05, 4.69) is 10.3 Å². The Morgan fingerprint density at radius 3 is 2.95 bits per heavy atom. The summed E-state index contributed by atoms with van der Waals surface area (Å²) >= 11 is 0. The summed E-state index contributed by atoms with van der Waals surface area (Å²) in [7, 11) is 0. The zero-order valence-corrected chi connectivity index (χ0v) is 10.4. The molecule has 1 amide bonds. The first kappa shape index (κ1) is 13.0. The van der Waals surface area contributed by atoms with Gasteiger partial charge in [-0.3, -0.25) is 9.78 Å². The van der Waals surface area contributed by atoms with Gasteiger partial charge < -0.3 is 10.1 Å². The van der Waals surface area contributed by atoms with Gasteiger partial charge in [-0.25, -0.2) is 4.39 Å². The molecule has 0 spiro atoms. The smallest absolute Gasteiger partial charge is 0.262 e. The van der Waals surface area contributed by atoms with Gasteiger partial charge in [-0.05, 0) is 31.2 Å². The van der Waals surface area contributed by atoms with Gasteiger partial charge in [0.2, 0.25) is 0 Å². The van der Waals surface area contributed by atoms with E-state index in [4.69, 9.17) is 4.74 Å². The lowest BCUT2D eigenvalue weighted by Gasteiger charge is -2.07. The summed E-state index contributed by atoms with van der Waals surface area (Å²) in [5, 5.41) is 2.67. The maximum absolute atomic E-state index is 12.9. The van der Waals surface area contributed by atoms with Gasteiger partial charge in [-0.15, -0.1) is 0 Å². The molecule has 0 aliphatic carbocycles. The number of nitrogens with zero attached hydrogens (tertiary/aromatic N) is 1. The highest BCUT2D eigenvalue weighted by Gasteiger charge is 2.04. The normalized spacial score (nSPS) is 10.0. The van der Waals surface area contributed by atoms with Crippen LogP contribution in [0.5, 0.6) is 5.75 Å². The third-order valence-corrected chi connectivity index (χ3v) is 2.35. The van der Waals surface area contributed by atoms with Crippen molar-refractivity contribution in [1.29, 1.82) is 0 Å². The molecule has 0 saturated carbocycles. The molecule has 4 nitrogen and oxygen atoms in total. The highest BCUT2D eigenvalue weighted by molar-refractivity contribution is 5.91. The quantitative estimate of drug-likeness (QED) is 0.919. The Morgan fingerprint density at radius 2 is 2.21 bits per heavy atom. The number of pyridine rings is 1. The summed E-state index contributed by atoms with van der Waals surface area (Å²) in [5.41, 5.74) is 1.46. The Labute approximate surface area is 110 Å². The molecule has 0 bridgehead atoms. The second kappa shape index (κ2) is 5.95. The third kappa shape index (κ3) is 4.06. The molecule has 0 aliphatic heterocycles. The molecule has 0 atom stereocenters. The van der Waals surface area contributed by atoms with Crippen molar-refractivity contribution in [2.45, 2.75) is 6.92 Å². The molecule has 0 aliphatic rings. The number of benzene rings is 1. The Kier molecular flexibility index (Phi) is 4.07. The van der Waals surface area contributed by atoms with E-state index in [1.807, 2.05) is 6.92 Å². The number of carbonyl (C=O) groups excluding carboxylic acids is 1. The Hall–Kier alpha value is -2.43. The minimum absolute atomic E-state index is 0.176. The summed E-state index contributed by atoms with van der Waals surface area (Å²) in [5.74, 6) is -0.390. The minimum atomic E-state index is -0.400. The first-order valence-electron chi connectivity index (χ1n) is 5.74. The molecule has 5 heteroatoms. The van der Waals surface area contributed by atoms with Crippen LogP contribution in [0.25, 0.3) is 0 Å². The molecule has 2 rings (SSSR count). The fourth-order valence-electron chi connectivity index (χ4n) is 1.53. The van der Waals surface area contributed by atoms with E-state index in [1.165, 1.54) is 18.2 Å². The van der Waals surface area contributed by atoms with E-state index in [-0.39, 0.29) is 12.5 Å². The topological polar surface area (TPSA) is 51.2 Å². The number of hydrogen-bond donors (Lipinski definition) is 1. The van der Waals surface area contributed by atoms with E-state index >= 15 is 0 Å². The van der Waals surface area contributed by atoms with Gasteiger partial charge in [0.1, 0.15) is 11.6 Å². The van der Waals surface area contributed by atoms with Gasteiger partial charge in [0.05, 0.1) is 0 Å². The van der Waals surface area contributed by atoms with Crippen LogP contribution in [0.1, 0.15) is 5.69 Å². The van der Waals surface area contributed by atoms with Crippen LogP contribution < -0.4 is 10.1 Å². The van der Waals surface area contributed by atoms with Gasteiger partial charge in [0, 0.05) is 23.6 Å². The van der Waals surface area contributed by atoms with Crippen LogP contribution in [0.4, 0.5) is 10.1 Å². The number of carbonyl (C=O) groups is 1. The fraction of sp³-hybridized carbons (Fsp3) is 0.143. The second-order valence-electron chi connectivity index (χ2n) is 3.98. The van der Waals surface area contributed by atoms with Crippen molar-refractivity contribution in [2.75, 3.05) is 11.9 Å². The lowest BCUT2D eigenvalue weighted by atomic mass is 10.3. The van der Waals surface area contributed by atoms with Crippen molar-refractivity contribution >= 4 is 11.6 Å². The van der Waals surface area contributed by atoms with Crippen molar-refractivity contribution in [1.82, 2.24) is 4.98 Å². The van der Waals surface area contributed by atoms with Crippen LogP contribution in [0.15, 0.2) is 42.6 Å². The van der Waals surface area contributed by atoms with Crippen molar-refractivity contribution < 1.29 is 13.9 Å².